The number of nitrogens with zero attached hydrogens (tertiary/aromatic N) is 1. The van der Waals surface area contributed by atoms with Crippen molar-refractivity contribution < 1.29 is 4.79 Å². The summed E-state index contributed by atoms with van der Waals surface area (Å²) in [5.41, 5.74) is 5.96. The van der Waals surface area contributed by atoms with E-state index < -0.39 is 0 Å². The van der Waals surface area contributed by atoms with Crippen LogP contribution in [-0.4, -0.2) is 28.9 Å². The Morgan fingerprint density at radius 3 is 2.41 bits per heavy atom. The molecule has 0 atom stereocenters. The lowest BCUT2D eigenvalue weighted by Crippen LogP contribution is -2.51. The molecule has 0 saturated heterocycles. The molecule has 1 aliphatic carbocycles. The summed E-state index contributed by atoms with van der Waals surface area (Å²) >= 11 is 0. The highest BCUT2D eigenvalue weighted by atomic mass is 16.2. The Hall–Kier alpha value is -0.570. The summed E-state index contributed by atoms with van der Waals surface area (Å²) in [6.45, 7) is 7.26. The maximum atomic E-state index is 12.2. The molecule has 3 heteroatoms. The summed E-state index contributed by atoms with van der Waals surface area (Å²) in [4.78, 5) is 14.2. The van der Waals surface area contributed by atoms with Crippen molar-refractivity contribution in [1.29, 1.82) is 0 Å². The molecule has 0 spiro atoms. The minimum atomic E-state index is -0.186. The van der Waals surface area contributed by atoms with E-state index in [-0.39, 0.29) is 11.4 Å². The number of nitrogens with two attached hydrogens (primary N) is 1. The van der Waals surface area contributed by atoms with Crippen molar-refractivity contribution in [3.63, 3.8) is 0 Å². The molecule has 0 bridgehead atoms. The molecule has 0 aromatic heterocycles. The number of hydrogen-bond donors (Lipinski definition) is 1. The number of carbonyl (C=O) groups excluding carboxylic acids is 1. The van der Waals surface area contributed by atoms with Crippen LogP contribution in [0.25, 0.3) is 0 Å². The zero-order valence-electron chi connectivity index (χ0n) is 11.7. The minimum absolute atomic E-state index is 0.186. The topological polar surface area (TPSA) is 46.3 Å². The molecular weight excluding hydrogens is 212 g/mol. The van der Waals surface area contributed by atoms with Gasteiger partial charge >= 0.3 is 0 Å². The third-order valence-electron chi connectivity index (χ3n) is 3.80. The van der Waals surface area contributed by atoms with Crippen LogP contribution in [0, 0.1) is 0 Å². The van der Waals surface area contributed by atoms with Crippen molar-refractivity contribution in [2.45, 2.75) is 77.3 Å². The van der Waals surface area contributed by atoms with Gasteiger partial charge in [-0.25, -0.2) is 0 Å². The molecule has 2 N–H and O–H groups in total. The van der Waals surface area contributed by atoms with Crippen molar-refractivity contribution in [3.05, 3.63) is 0 Å². The SMILES string of the molecule is CCCCCN(C(=O)CC1(N)CCC1)C(C)C. The van der Waals surface area contributed by atoms with Gasteiger partial charge in [0.25, 0.3) is 0 Å². The van der Waals surface area contributed by atoms with E-state index in [9.17, 15) is 4.79 Å². The van der Waals surface area contributed by atoms with Gasteiger partial charge in [-0.1, -0.05) is 19.8 Å². The summed E-state index contributed by atoms with van der Waals surface area (Å²) in [6.07, 6.45) is 7.25. The molecule has 1 amide bonds. The van der Waals surface area contributed by atoms with Crippen molar-refractivity contribution in [2.75, 3.05) is 6.54 Å². The van der Waals surface area contributed by atoms with Gasteiger partial charge in [-0.05, 0) is 39.5 Å². The van der Waals surface area contributed by atoms with Crippen molar-refractivity contribution in [3.8, 4) is 0 Å². The highest BCUT2D eigenvalue weighted by Gasteiger charge is 2.36. The number of unbranched alkanes of at least 4 members (excludes halogenated alkanes) is 2. The average Bonchev–Trinajstić information content (AvgIpc) is 2.21. The zero-order chi connectivity index (χ0) is 12.9. The first-order valence-electron chi connectivity index (χ1n) is 7.07. The van der Waals surface area contributed by atoms with Gasteiger partial charge in [-0.15, -0.1) is 0 Å². The van der Waals surface area contributed by atoms with E-state index in [1.54, 1.807) is 0 Å². The summed E-state index contributed by atoms with van der Waals surface area (Å²) in [5.74, 6) is 0.248. The van der Waals surface area contributed by atoms with Crippen molar-refractivity contribution in [1.82, 2.24) is 4.90 Å². The molecule has 0 heterocycles. The summed E-state index contributed by atoms with van der Waals surface area (Å²) in [5, 5.41) is 0. The number of hydrogen-bond acceptors (Lipinski definition) is 2. The second kappa shape index (κ2) is 6.39. The molecular formula is C14H28N2O. The molecule has 1 aliphatic rings. The monoisotopic (exact) mass is 240 g/mol. The summed E-state index contributed by atoms with van der Waals surface area (Å²) in [7, 11) is 0. The van der Waals surface area contributed by atoms with Gasteiger partial charge in [0.15, 0.2) is 0 Å². The number of rotatable bonds is 7. The highest BCUT2D eigenvalue weighted by Crippen LogP contribution is 2.32. The van der Waals surface area contributed by atoms with Crippen LogP contribution in [0.4, 0.5) is 0 Å². The van der Waals surface area contributed by atoms with Gasteiger partial charge in [0.1, 0.15) is 0 Å². The predicted molar refractivity (Wildman–Crippen MR) is 71.8 cm³/mol. The van der Waals surface area contributed by atoms with E-state index in [0.29, 0.717) is 12.5 Å². The smallest absolute Gasteiger partial charge is 0.224 e. The Labute approximate surface area is 106 Å². The fourth-order valence-electron chi connectivity index (χ4n) is 2.41. The van der Waals surface area contributed by atoms with Crippen LogP contribution in [0.5, 0.6) is 0 Å². The molecule has 0 radical (unpaired) electrons. The maximum absolute atomic E-state index is 12.2. The lowest BCUT2D eigenvalue weighted by atomic mass is 9.75. The first-order valence-corrected chi connectivity index (χ1v) is 7.07. The van der Waals surface area contributed by atoms with Crippen LogP contribution < -0.4 is 5.73 Å². The summed E-state index contributed by atoms with van der Waals surface area (Å²) < 4.78 is 0. The maximum Gasteiger partial charge on any atom is 0.224 e. The second-order valence-electron chi connectivity index (χ2n) is 5.78. The van der Waals surface area contributed by atoms with Gasteiger partial charge in [-0.2, -0.15) is 0 Å². The van der Waals surface area contributed by atoms with E-state index in [4.69, 9.17) is 5.73 Å². The first-order chi connectivity index (χ1) is 7.98. The Balaban J connectivity index is 2.42. The van der Waals surface area contributed by atoms with Crippen molar-refractivity contribution >= 4 is 5.91 Å². The second-order valence-corrected chi connectivity index (χ2v) is 5.78. The third-order valence-corrected chi connectivity index (χ3v) is 3.80. The first kappa shape index (κ1) is 14.5. The van der Waals surface area contributed by atoms with E-state index in [2.05, 4.69) is 20.8 Å². The van der Waals surface area contributed by atoms with Crippen LogP contribution in [0.1, 0.15) is 65.7 Å². The fourth-order valence-corrected chi connectivity index (χ4v) is 2.41. The van der Waals surface area contributed by atoms with Crippen LogP contribution in [0.15, 0.2) is 0 Å². The molecule has 0 unspecified atom stereocenters. The largest absolute Gasteiger partial charge is 0.340 e. The predicted octanol–water partition coefficient (Wildman–Crippen LogP) is 2.69. The van der Waals surface area contributed by atoms with Gasteiger partial charge < -0.3 is 10.6 Å². The van der Waals surface area contributed by atoms with E-state index >= 15 is 0 Å². The molecule has 0 aliphatic heterocycles. The normalized spacial score (nSPS) is 17.9. The molecule has 1 rings (SSSR count). The lowest BCUT2D eigenvalue weighted by molar-refractivity contribution is -0.135. The average molecular weight is 240 g/mol. The standard InChI is InChI=1S/C14H28N2O/c1-4-5-6-10-16(12(2)3)13(17)11-14(15)8-7-9-14/h12H,4-11,15H2,1-3H3. The van der Waals surface area contributed by atoms with Gasteiger partial charge in [-0.3, -0.25) is 4.79 Å². The van der Waals surface area contributed by atoms with E-state index in [1.807, 2.05) is 4.90 Å². The fraction of sp³-hybridized carbons (Fsp3) is 0.929. The Morgan fingerprint density at radius 2 is 2.00 bits per heavy atom. The molecule has 1 saturated carbocycles. The Kier molecular flexibility index (Phi) is 5.44. The van der Waals surface area contributed by atoms with Gasteiger partial charge in [0, 0.05) is 24.5 Å². The van der Waals surface area contributed by atoms with E-state index in [1.165, 1.54) is 19.3 Å². The van der Waals surface area contributed by atoms with E-state index in [0.717, 1.165) is 25.8 Å². The van der Waals surface area contributed by atoms with Crippen molar-refractivity contribution in [2.24, 2.45) is 5.73 Å². The van der Waals surface area contributed by atoms with Crippen LogP contribution in [-0.2, 0) is 4.79 Å². The summed E-state index contributed by atoms with van der Waals surface area (Å²) in [6, 6.07) is 0.294. The molecule has 0 aromatic carbocycles. The van der Waals surface area contributed by atoms with Crippen LogP contribution >= 0.6 is 0 Å². The molecule has 3 nitrogen and oxygen atoms in total. The Bertz CT molecular complexity index is 247. The number of carbonyl (C=O) groups is 1. The highest BCUT2D eigenvalue weighted by molar-refractivity contribution is 5.77. The lowest BCUT2D eigenvalue weighted by Gasteiger charge is -2.39. The van der Waals surface area contributed by atoms with Gasteiger partial charge in [0.05, 0.1) is 0 Å². The van der Waals surface area contributed by atoms with Gasteiger partial charge in [0.2, 0.25) is 5.91 Å². The third kappa shape index (κ3) is 4.30. The molecule has 1 fully saturated rings. The quantitative estimate of drug-likeness (QED) is 0.695. The van der Waals surface area contributed by atoms with Crippen LogP contribution in [0.3, 0.4) is 0 Å². The Morgan fingerprint density at radius 1 is 1.35 bits per heavy atom. The minimum Gasteiger partial charge on any atom is -0.340 e. The molecule has 100 valence electrons. The molecule has 17 heavy (non-hydrogen) atoms. The zero-order valence-corrected chi connectivity index (χ0v) is 11.7. The number of amides is 1. The van der Waals surface area contributed by atoms with Crippen LogP contribution in [0.2, 0.25) is 0 Å². The molecule has 0 aromatic rings.